The standard InChI is InChI=1S/C12H14ClF2NO2S/c13-6-5-12(3-4-12)8-16-19(17,18)11-2-1-9(14)7-10(11)15/h1-2,7,16H,3-6,8H2. The van der Waals surface area contributed by atoms with Crippen LogP contribution in [0, 0.1) is 17.0 Å². The second-order valence-corrected chi connectivity index (χ2v) is 6.95. The highest BCUT2D eigenvalue weighted by Crippen LogP contribution is 2.48. The molecule has 0 heterocycles. The summed E-state index contributed by atoms with van der Waals surface area (Å²) in [5.41, 5.74) is -0.0919. The molecule has 3 nitrogen and oxygen atoms in total. The Morgan fingerprint density at radius 1 is 1.32 bits per heavy atom. The molecule has 7 heteroatoms. The lowest BCUT2D eigenvalue weighted by Crippen LogP contribution is -2.31. The second-order valence-electron chi connectivity index (χ2n) is 4.84. The Balaban J connectivity index is 2.10. The third kappa shape index (κ3) is 3.43. The van der Waals surface area contributed by atoms with Crippen molar-refractivity contribution in [2.75, 3.05) is 12.4 Å². The molecule has 0 aromatic heterocycles. The monoisotopic (exact) mass is 309 g/mol. The lowest BCUT2D eigenvalue weighted by Gasteiger charge is -2.15. The first kappa shape index (κ1) is 14.7. The van der Waals surface area contributed by atoms with Crippen molar-refractivity contribution in [3.05, 3.63) is 29.8 Å². The Hall–Kier alpha value is -0.720. The van der Waals surface area contributed by atoms with Crippen LogP contribution in [0.25, 0.3) is 0 Å². The number of benzene rings is 1. The summed E-state index contributed by atoms with van der Waals surface area (Å²) in [7, 11) is -3.95. The average Bonchev–Trinajstić information content (AvgIpc) is 3.07. The number of alkyl halides is 1. The second kappa shape index (κ2) is 5.34. The normalized spacial score (nSPS) is 17.4. The van der Waals surface area contributed by atoms with Crippen molar-refractivity contribution in [1.82, 2.24) is 4.72 Å². The van der Waals surface area contributed by atoms with Crippen LogP contribution in [0.15, 0.2) is 23.1 Å². The van der Waals surface area contributed by atoms with Gasteiger partial charge in [-0.25, -0.2) is 21.9 Å². The van der Waals surface area contributed by atoms with Crippen molar-refractivity contribution < 1.29 is 17.2 Å². The average molecular weight is 310 g/mol. The van der Waals surface area contributed by atoms with Gasteiger partial charge in [-0.3, -0.25) is 0 Å². The largest absolute Gasteiger partial charge is 0.243 e. The minimum atomic E-state index is -3.95. The fourth-order valence-corrected chi connectivity index (χ4v) is 3.53. The SMILES string of the molecule is O=S(=O)(NCC1(CCCl)CC1)c1ccc(F)cc1F. The Bertz CT molecular complexity index is 573. The Kier molecular flexibility index (Phi) is 4.13. The van der Waals surface area contributed by atoms with Gasteiger partial charge in [0.15, 0.2) is 0 Å². The van der Waals surface area contributed by atoms with E-state index in [-0.39, 0.29) is 12.0 Å². The van der Waals surface area contributed by atoms with E-state index in [1.807, 2.05) is 0 Å². The van der Waals surface area contributed by atoms with Crippen LogP contribution in [0.3, 0.4) is 0 Å². The lowest BCUT2D eigenvalue weighted by molar-refractivity contribution is 0.475. The molecular formula is C12H14ClF2NO2S. The molecule has 1 saturated carbocycles. The van der Waals surface area contributed by atoms with Crippen molar-refractivity contribution >= 4 is 21.6 Å². The van der Waals surface area contributed by atoms with Crippen molar-refractivity contribution in [2.24, 2.45) is 5.41 Å². The maximum absolute atomic E-state index is 13.4. The van der Waals surface area contributed by atoms with E-state index in [2.05, 4.69) is 4.72 Å². The quantitative estimate of drug-likeness (QED) is 0.821. The fraction of sp³-hybridized carbons (Fsp3) is 0.500. The van der Waals surface area contributed by atoms with E-state index in [1.165, 1.54) is 0 Å². The minimum Gasteiger partial charge on any atom is -0.211 e. The summed E-state index contributed by atoms with van der Waals surface area (Å²) in [5.74, 6) is -1.43. The van der Waals surface area contributed by atoms with E-state index in [0.29, 0.717) is 11.9 Å². The van der Waals surface area contributed by atoms with Crippen molar-refractivity contribution in [2.45, 2.75) is 24.2 Å². The van der Waals surface area contributed by atoms with Gasteiger partial charge in [0.2, 0.25) is 10.0 Å². The Morgan fingerprint density at radius 2 is 2.00 bits per heavy atom. The van der Waals surface area contributed by atoms with Crippen LogP contribution in [0.2, 0.25) is 0 Å². The van der Waals surface area contributed by atoms with Gasteiger partial charge in [-0.05, 0) is 36.8 Å². The number of hydrogen-bond donors (Lipinski definition) is 1. The van der Waals surface area contributed by atoms with Crippen LogP contribution >= 0.6 is 11.6 Å². The molecule has 0 amide bonds. The molecule has 0 spiro atoms. The number of rotatable bonds is 6. The first-order chi connectivity index (χ1) is 8.88. The van der Waals surface area contributed by atoms with Gasteiger partial charge in [0.05, 0.1) is 0 Å². The van der Waals surface area contributed by atoms with Gasteiger partial charge in [-0.15, -0.1) is 11.6 Å². The van der Waals surface area contributed by atoms with Crippen LogP contribution in [0.4, 0.5) is 8.78 Å². The molecule has 0 atom stereocenters. The molecule has 19 heavy (non-hydrogen) atoms. The first-order valence-corrected chi connectivity index (χ1v) is 7.91. The highest BCUT2D eigenvalue weighted by molar-refractivity contribution is 7.89. The third-order valence-corrected chi connectivity index (χ3v) is 5.03. The highest BCUT2D eigenvalue weighted by atomic mass is 35.5. The van der Waals surface area contributed by atoms with E-state index in [1.54, 1.807) is 0 Å². The molecule has 0 unspecified atom stereocenters. The highest BCUT2D eigenvalue weighted by Gasteiger charge is 2.42. The number of halogens is 3. The summed E-state index contributed by atoms with van der Waals surface area (Å²) < 4.78 is 52.4. The van der Waals surface area contributed by atoms with Gasteiger partial charge < -0.3 is 0 Å². The molecule has 1 fully saturated rings. The summed E-state index contributed by atoms with van der Waals surface area (Å²) in [5, 5.41) is 0. The summed E-state index contributed by atoms with van der Waals surface area (Å²) in [6.45, 7) is 0.235. The summed E-state index contributed by atoms with van der Waals surface area (Å²) in [4.78, 5) is -0.532. The van der Waals surface area contributed by atoms with Gasteiger partial charge in [-0.1, -0.05) is 0 Å². The zero-order valence-corrected chi connectivity index (χ0v) is 11.7. The van der Waals surface area contributed by atoms with Crippen LogP contribution in [0.1, 0.15) is 19.3 Å². The van der Waals surface area contributed by atoms with Gasteiger partial charge >= 0.3 is 0 Å². The molecule has 1 aromatic carbocycles. The molecule has 0 bridgehead atoms. The van der Waals surface area contributed by atoms with Crippen molar-refractivity contribution in [3.8, 4) is 0 Å². The lowest BCUT2D eigenvalue weighted by atomic mass is 10.1. The fourth-order valence-electron chi connectivity index (χ4n) is 1.91. The van der Waals surface area contributed by atoms with E-state index in [0.717, 1.165) is 31.4 Å². The summed E-state index contributed by atoms with van der Waals surface area (Å²) in [6, 6.07) is 2.40. The van der Waals surface area contributed by atoms with Crippen molar-refractivity contribution in [3.63, 3.8) is 0 Å². The smallest absolute Gasteiger partial charge is 0.211 e. The van der Waals surface area contributed by atoms with Crippen molar-refractivity contribution in [1.29, 1.82) is 0 Å². The molecule has 106 valence electrons. The zero-order chi connectivity index (χ0) is 14.1. The predicted octanol–water partition coefficient (Wildman–Crippen LogP) is 2.65. The van der Waals surface area contributed by atoms with Crippen LogP contribution in [-0.4, -0.2) is 20.8 Å². The number of nitrogens with one attached hydrogen (secondary N) is 1. The molecule has 1 aliphatic rings. The molecule has 2 rings (SSSR count). The zero-order valence-electron chi connectivity index (χ0n) is 10.1. The molecule has 1 aliphatic carbocycles. The molecule has 1 aromatic rings. The summed E-state index contributed by atoms with van der Waals surface area (Å²) in [6.07, 6.45) is 2.55. The van der Waals surface area contributed by atoms with Crippen LogP contribution in [0.5, 0.6) is 0 Å². The predicted molar refractivity (Wildman–Crippen MR) is 68.6 cm³/mol. The maximum atomic E-state index is 13.4. The Labute approximate surface area is 116 Å². The third-order valence-electron chi connectivity index (χ3n) is 3.40. The summed E-state index contributed by atoms with van der Waals surface area (Å²) >= 11 is 5.66. The Morgan fingerprint density at radius 3 is 2.53 bits per heavy atom. The van der Waals surface area contributed by atoms with Gasteiger partial charge in [0.25, 0.3) is 0 Å². The topological polar surface area (TPSA) is 46.2 Å². The molecule has 1 N–H and O–H groups in total. The first-order valence-electron chi connectivity index (χ1n) is 5.89. The van der Waals surface area contributed by atoms with E-state index in [4.69, 9.17) is 11.6 Å². The minimum absolute atomic E-state index is 0.0919. The molecule has 0 aliphatic heterocycles. The number of sulfonamides is 1. The van der Waals surface area contributed by atoms with E-state index in [9.17, 15) is 17.2 Å². The maximum Gasteiger partial charge on any atom is 0.243 e. The molecule has 0 saturated heterocycles. The van der Waals surface area contributed by atoms with E-state index >= 15 is 0 Å². The molecule has 0 radical (unpaired) electrons. The number of hydrogen-bond acceptors (Lipinski definition) is 2. The van der Waals surface area contributed by atoms with E-state index < -0.39 is 26.6 Å². The van der Waals surface area contributed by atoms with Gasteiger partial charge in [-0.2, -0.15) is 0 Å². The van der Waals surface area contributed by atoms with Gasteiger partial charge in [0, 0.05) is 18.5 Å². The van der Waals surface area contributed by atoms with Crippen LogP contribution < -0.4 is 4.72 Å². The molecular weight excluding hydrogens is 296 g/mol. The van der Waals surface area contributed by atoms with Crippen LogP contribution in [-0.2, 0) is 10.0 Å². The van der Waals surface area contributed by atoms with Gasteiger partial charge in [0.1, 0.15) is 16.5 Å².